The van der Waals surface area contributed by atoms with E-state index in [9.17, 15) is 4.79 Å². The molecule has 1 unspecified atom stereocenters. The quantitative estimate of drug-likeness (QED) is 0.527. The minimum atomic E-state index is -0.600. The summed E-state index contributed by atoms with van der Waals surface area (Å²) in [5, 5.41) is 8.59. The molecule has 1 aliphatic rings. The molecule has 0 amide bonds. The lowest BCUT2D eigenvalue weighted by molar-refractivity contribution is -0.140. The van der Waals surface area contributed by atoms with Crippen molar-refractivity contribution in [1.29, 1.82) is 0 Å². The summed E-state index contributed by atoms with van der Waals surface area (Å²) in [5.74, 6) is -0.0802. The molecule has 0 bridgehead atoms. The summed E-state index contributed by atoms with van der Waals surface area (Å²) >= 11 is 0. The van der Waals surface area contributed by atoms with Crippen LogP contribution >= 0.6 is 0 Å². The van der Waals surface area contributed by atoms with Gasteiger partial charge in [-0.2, -0.15) is 0 Å². The Morgan fingerprint density at radius 2 is 2.60 bits per heavy atom. The molecule has 4 nitrogen and oxygen atoms in total. The predicted octanol–water partition coefficient (Wildman–Crippen LogP) is -0.566. The van der Waals surface area contributed by atoms with E-state index in [0.29, 0.717) is 5.76 Å². The van der Waals surface area contributed by atoms with E-state index < -0.39 is 12.1 Å². The zero-order valence-corrected chi connectivity index (χ0v) is 5.53. The van der Waals surface area contributed by atoms with Gasteiger partial charge < -0.3 is 14.6 Å². The van der Waals surface area contributed by atoms with Crippen LogP contribution < -0.4 is 0 Å². The third kappa shape index (κ3) is 1.11. The van der Waals surface area contributed by atoms with Crippen LogP contribution in [0.25, 0.3) is 0 Å². The number of cyclic esters (lactones) is 1. The second-order valence-electron chi connectivity index (χ2n) is 1.86. The second kappa shape index (κ2) is 2.70. The van der Waals surface area contributed by atoms with Crippen LogP contribution in [-0.2, 0) is 14.3 Å². The van der Waals surface area contributed by atoms with Crippen LogP contribution in [0.3, 0.4) is 0 Å². The molecule has 0 aromatic carbocycles. The standard InChI is InChI=1S/C6H8O4/c1-9-4-2-6(8)10-5(4)3-7/h2,5,7H,3H2,1H3. The van der Waals surface area contributed by atoms with Gasteiger partial charge in [0, 0.05) is 0 Å². The van der Waals surface area contributed by atoms with Gasteiger partial charge in [0.25, 0.3) is 0 Å². The van der Waals surface area contributed by atoms with E-state index in [0.717, 1.165) is 0 Å². The number of rotatable bonds is 2. The van der Waals surface area contributed by atoms with Gasteiger partial charge in [0.2, 0.25) is 0 Å². The minimum absolute atomic E-state index is 0.231. The van der Waals surface area contributed by atoms with E-state index in [2.05, 4.69) is 4.74 Å². The van der Waals surface area contributed by atoms with Crippen LogP contribution in [0.5, 0.6) is 0 Å². The van der Waals surface area contributed by atoms with Crippen molar-refractivity contribution in [2.45, 2.75) is 6.10 Å². The van der Waals surface area contributed by atoms with Crippen molar-refractivity contribution in [3.63, 3.8) is 0 Å². The van der Waals surface area contributed by atoms with Gasteiger partial charge in [-0.3, -0.25) is 0 Å². The molecular weight excluding hydrogens is 136 g/mol. The highest BCUT2D eigenvalue weighted by Gasteiger charge is 2.25. The molecule has 0 radical (unpaired) electrons. The number of aliphatic hydroxyl groups is 1. The van der Waals surface area contributed by atoms with Gasteiger partial charge in [-0.1, -0.05) is 0 Å². The zero-order valence-electron chi connectivity index (χ0n) is 5.53. The van der Waals surface area contributed by atoms with Crippen LogP contribution in [0.1, 0.15) is 0 Å². The van der Waals surface area contributed by atoms with Crippen LogP contribution in [0.2, 0.25) is 0 Å². The average Bonchev–Trinajstić information content (AvgIpc) is 2.30. The molecule has 1 N–H and O–H groups in total. The van der Waals surface area contributed by atoms with Crippen molar-refractivity contribution < 1.29 is 19.4 Å². The molecule has 0 spiro atoms. The van der Waals surface area contributed by atoms with Crippen molar-refractivity contribution in [3.05, 3.63) is 11.8 Å². The number of aliphatic hydroxyl groups excluding tert-OH is 1. The first kappa shape index (κ1) is 7.08. The molecule has 0 aromatic rings. The maximum Gasteiger partial charge on any atom is 0.335 e. The maximum absolute atomic E-state index is 10.5. The zero-order chi connectivity index (χ0) is 7.56. The lowest BCUT2D eigenvalue weighted by Crippen LogP contribution is -2.17. The van der Waals surface area contributed by atoms with Gasteiger partial charge >= 0.3 is 5.97 Å². The Labute approximate surface area is 58.1 Å². The number of methoxy groups -OCH3 is 1. The fraction of sp³-hybridized carbons (Fsp3) is 0.500. The summed E-state index contributed by atoms with van der Waals surface area (Å²) in [6.07, 6.45) is 0.624. The summed E-state index contributed by atoms with van der Waals surface area (Å²) in [6, 6.07) is 0. The molecule has 1 atom stereocenters. The molecule has 10 heavy (non-hydrogen) atoms. The van der Waals surface area contributed by atoms with E-state index in [4.69, 9.17) is 9.84 Å². The van der Waals surface area contributed by atoms with Crippen molar-refractivity contribution in [3.8, 4) is 0 Å². The maximum atomic E-state index is 10.5. The van der Waals surface area contributed by atoms with E-state index >= 15 is 0 Å². The fourth-order valence-corrected chi connectivity index (χ4v) is 0.759. The first-order chi connectivity index (χ1) is 4.77. The smallest absolute Gasteiger partial charge is 0.335 e. The molecule has 1 rings (SSSR count). The van der Waals surface area contributed by atoms with Crippen LogP contribution in [0.15, 0.2) is 11.8 Å². The molecule has 0 aromatic heterocycles. The number of carbonyl (C=O) groups excluding carboxylic acids is 1. The summed E-state index contributed by atoms with van der Waals surface area (Å²) in [4.78, 5) is 10.5. The highest BCUT2D eigenvalue weighted by Crippen LogP contribution is 2.14. The molecule has 0 saturated carbocycles. The molecule has 0 aliphatic carbocycles. The van der Waals surface area contributed by atoms with E-state index in [-0.39, 0.29) is 6.61 Å². The molecule has 0 saturated heterocycles. The summed E-state index contributed by atoms with van der Waals surface area (Å²) in [5.41, 5.74) is 0. The normalized spacial score (nSPS) is 24.0. The predicted molar refractivity (Wildman–Crippen MR) is 32.1 cm³/mol. The summed E-state index contributed by atoms with van der Waals surface area (Å²) in [7, 11) is 1.43. The first-order valence-corrected chi connectivity index (χ1v) is 2.85. The molecule has 1 heterocycles. The number of ether oxygens (including phenoxy) is 2. The molecule has 56 valence electrons. The Morgan fingerprint density at radius 3 is 3.00 bits per heavy atom. The van der Waals surface area contributed by atoms with Crippen LogP contribution in [0, 0.1) is 0 Å². The molecule has 0 fully saturated rings. The molecular formula is C6H8O4. The number of hydrogen-bond acceptors (Lipinski definition) is 4. The second-order valence-corrected chi connectivity index (χ2v) is 1.86. The highest BCUT2D eigenvalue weighted by molar-refractivity contribution is 5.85. The van der Waals surface area contributed by atoms with Gasteiger partial charge in [-0.15, -0.1) is 0 Å². The Morgan fingerprint density at radius 1 is 1.90 bits per heavy atom. The van der Waals surface area contributed by atoms with E-state index in [1.54, 1.807) is 0 Å². The summed E-state index contributed by atoms with van der Waals surface area (Å²) in [6.45, 7) is -0.231. The Bertz CT molecular complexity index is 173. The van der Waals surface area contributed by atoms with Gasteiger partial charge in [-0.05, 0) is 0 Å². The SMILES string of the molecule is COC1=CC(=O)OC1CO. The number of carbonyl (C=O) groups is 1. The number of hydrogen-bond donors (Lipinski definition) is 1. The third-order valence-electron chi connectivity index (χ3n) is 1.24. The van der Waals surface area contributed by atoms with Gasteiger partial charge in [0.1, 0.15) is 5.76 Å². The minimum Gasteiger partial charge on any atom is -0.497 e. The average molecular weight is 144 g/mol. The van der Waals surface area contributed by atoms with Gasteiger partial charge in [0.05, 0.1) is 19.8 Å². The third-order valence-corrected chi connectivity index (χ3v) is 1.24. The van der Waals surface area contributed by atoms with Crippen LogP contribution in [0.4, 0.5) is 0 Å². The van der Waals surface area contributed by atoms with Crippen molar-refractivity contribution in [2.75, 3.05) is 13.7 Å². The van der Waals surface area contributed by atoms with E-state index in [1.165, 1.54) is 13.2 Å². The summed E-state index contributed by atoms with van der Waals surface area (Å²) < 4.78 is 9.35. The lowest BCUT2D eigenvalue weighted by atomic mass is 10.3. The Hall–Kier alpha value is -1.03. The monoisotopic (exact) mass is 144 g/mol. The Balaban J connectivity index is 2.65. The van der Waals surface area contributed by atoms with Crippen molar-refractivity contribution in [2.24, 2.45) is 0 Å². The molecule has 4 heteroatoms. The van der Waals surface area contributed by atoms with Gasteiger partial charge in [0.15, 0.2) is 6.10 Å². The lowest BCUT2D eigenvalue weighted by Gasteiger charge is -2.08. The first-order valence-electron chi connectivity index (χ1n) is 2.85. The highest BCUT2D eigenvalue weighted by atomic mass is 16.6. The fourth-order valence-electron chi connectivity index (χ4n) is 0.759. The number of esters is 1. The largest absolute Gasteiger partial charge is 0.497 e. The van der Waals surface area contributed by atoms with Gasteiger partial charge in [-0.25, -0.2) is 4.79 Å². The van der Waals surface area contributed by atoms with Crippen LogP contribution in [-0.4, -0.2) is 30.9 Å². The molecule has 1 aliphatic heterocycles. The van der Waals surface area contributed by atoms with E-state index in [1.807, 2.05) is 0 Å². The Kier molecular flexibility index (Phi) is 1.91. The van der Waals surface area contributed by atoms with Crippen molar-refractivity contribution >= 4 is 5.97 Å². The van der Waals surface area contributed by atoms with Crippen molar-refractivity contribution in [1.82, 2.24) is 0 Å². The topological polar surface area (TPSA) is 55.8 Å².